The number of rotatable bonds is 4. The predicted molar refractivity (Wildman–Crippen MR) is 122 cm³/mol. The number of carbonyl (C=O) groups excluding carboxylic acids is 1. The molecule has 1 saturated carbocycles. The lowest BCUT2D eigenvalue weighted by Gasteiger charge is -2.40. The van der Waals surface area contributed by atoms with Crippen LogP contribution in [0.4, 0.5) is 5.69 Å². The van der Waals surface area contributed by atoms with Crippen LogP contribution in [0.5, 0.6) is 5.75 Å². The van der Waals surface area contributed by atoms with Gasteiger partial charge in [-0.3, -0.25) is 4.79 Å². The molecule has 1 aliphatic heterocycles. The lowest BCUT2D eigenvalue weighted by molar-refractivity contribution is -0.138. The van der Waals surface area contributed by atoms with E-state index in [0.29, 0.717) is 11.5 Å². The van der Waals surface area contributed by atoms with Gasteiger partial charge in [0, 0.05) is 31.9 Å². The van der Waals surface area contributed by atoms with Crippen LogP contribution < -0.4 is 9.64 Å². The molecular weight excluding hydrogens is 386 g/mol. The van der Waals surface area contributed by atoms with E-state index < -0.39 is 5.41 Å². The molecule has 0 spiro atoms. The van der Waals surface area contributed by atoms with Crippen molar-refractivity contribution in [2.45, 2.75) is 43.9 Å². The quantitative estimate of drug-likeness (QED) is 0.735. The largest absolute Gasteiger partial charge is 0.497 e. The van der Waals surface area contributed by atoms with E-state index in [4.69, 9.17) is 10.00 Å². The van der Waals surface area contributed by atoms with E-state index in [2.05, 4.69) is 28.0 Å². The molecule has 0 N–H and O–H groups in total. The van der Waals surface area contributed by atoms with Gasteiger partial charge in [0.15, 0.2) is 0 Å². The maximum atomic E-state index is 13.9. The topological polar surface area (TPSA) is 56.6 Å². The molecule has 5 heteroatoms. The fraction of sp³-hybridized carbons (Fsp3) is 0.462. The molecule has 0 unspecified atom stereocenters. The van der Waals surface area contributed by atoms with Crippen LogP contribution in [-0.4, -0.2) is 44.1 Å². The van der Waals surface area contributed by atoms with Crippen molar-refractivity contribution in [2.75, 3.05) is 38.2 Å². The summed E-state index contributed by atoms with van der Waals surface area (Å²) in [6.45, 7) is 3.27. The number of nitrogens with zero attached hydrogens (tertiary/aromatic N) is 3. The summed E-state index contributed by atoms with van der Waals surface area (Å²) in [5.41, 5.74) is 2.52. The van der Waals surface area contributed by atoms with Gasteiger partial charge in [0.2, 0.25) is 5.91 Å². The average Bonchev–Trinajstić information content (AvgIpc) is 3.10. The number of amides is 1. The van der Waals surface area contributed by atoms with Crippen LogP contribution in [0.3, 0.4) is 0 Å². The Labute approximate surface area is 185 Å². The minimum absolute atomic E-state index is 0.291. The Bertz CT molecular complexity index is 925. The van der Waals surface area contributed by atoms with Gasteiger partial charge < -0.3 is 14.5 Å². The first kappa shape index (κ1) is 21.2. The van der Waals surface area contributed by atoms with Gasteiger partial charge in [0.25, 0.3) is 0 Å². The summed E-state index contributed by atoms with van der Waals surface area (Å²) in [5.74, 6) is 1.12. The van der Waals surface area contributed by atoms with Gasteiger partial charge in [0.1, 0.15) is 5.75 Å². The third-order valence-corrected chi connectivity index (χ3v) is 6.90. The molecule has 1 saturated heterocycles. The van der Waals surface area contributed by atoms with Gasteiger partial charge in [-0.1, -0.05) is 31.4 Å². The molecule has 0 radical (unpaired) electrons. The minimum atomic E-state index is -0.409. The number of benzene rings is 2. The molecule has 2 aromatic rings. The molecule has 5 nitrogen and oxygen atoms in total. The maximum absolute atomic E-state index is 13.9. The second kappa shape index (κ2) is 9.43. The Morgan fingerprint density at radius 3 is 2.26 bits per heavy atom. The van der Waals surface area contributed by atoms with Gasteiger partial charge in [-0.15, -0.1) is 0 Å². The number of ether oxygens (including phenoxy) is 1. The zero-order chi connectivity index (χ0) is 21.7. The third-order valence-electron chi connectivity index (χ3n) is 6.90. The first-order chi connectivity index (χ1) is 15.2. The number of carbonyl (C=O) groups is 1. The Kier molecular flexibility index (Phi) is 6.46. The summed E-state index contributed by atoms with van der Waals surface area (Å²) in [4.78, 5) is 18.4. The first-order valence-corrected chi connectivity index (χ1v) is 11.4. The molecule has 0 aromatic heterocycles. The van der Waals surface area contributed by atoms with Gasteiger partial charge in [-0.25, -0.2) is 0 Å². The summed E-state index contributed by atoms with van der Waals surface area (Å²) < 4.78 is 5.33. The van der Waals surface area contributed by atoms with Crippen LogP contribution in [0.15, 0.2) is 48.5 Å². The maximum Gasteiger partial charge on any atom is 0.233 e. The molecular formula is C26H31N3O2. The minimum Gasteiger partial charge on any atom is -0.497 e. The number of anilines is 1. The van der Waals surface area contributed by atoms with Crippen molar-refractivity contribution in [3.8, 4) is 11.8 Å². The highest BCUT2D eigenvalue weighted by Crippen LogP contribution is 2.41. The highest BCUT2D eigenvalue weighted by Gasteiger charge is 2.43. The van der Waals surface area contributed by atoms with Crippen molar-refractivity contribution < 1.29 is 9.53 Å². The first-order valence-electron chi connectivity index (χ1n) is 11.4. The summed E-state index contributed by atoms with van der Waals surface area (Å²) in [6, 6.07) is 18.1. The van der Waals surface area contributed by atoms with Gasteiger partial charge in [-0.05, 0) is 61.2 Å². The molecule has 1 heterocycles. The number of methoxy groups -OCH3 is 1. The fourth-order valence-electron chi connectivity index (χ4n) is 5.12. The van der Waals surface area contributed by atoms with Crippen LogP contribution in [0.25, 0.3) is 0 Å². The van der Waals surface area contributed by atoms with E-state index >= 15 is 0 Å². The summed E-state index contributed by atoms with van der Waals surface area (Å²) in [7, 11) is 1.67. The van der Waals surface area contributed by atoms with Crippen LogP contribution in [0.1, 0.15) is 49.7 Å². The third kappa shape index (κ3) is 4.39. The molecule has 4 rings (SSSR count). The Morgan fingerprint density at radius 2 is 1.61 bits per heavy atom. The summed E-state index contributed by atoms with van der Waals surface area (Å²) >= 11 is 0. The molecule has 31 heavy (non-hydrogen) atoms. The van der Waals surface area contributed by atoms with Crippen molar-refractivity contribution in [3.63, 3.8) is 0 Å². The van der Waals surface area contributed by atoms with Crippen molar-refractivity contribution in [3.05, 3.63) is 59.7 Å². The molecule has 0 bridgehead atoms. The molecule has 2 aliphatic rings. The Balaban J connectivity index is 1.52. The van der Waals surface area contributed by atoms with Gasteiger partial charge in [0.05, 0.1) is 24.2 Å². The molecule has 2 fully saturated rings. The van der Waals surface area contributed by atoms with E-state index in [1.54, 1.807) is 7.11 Å². The average molecular weight is 418 g/mol. The van der Waals surface area contributed by atoms with E-state index in [1.165, 1.54) is 6.42 Å². The van der Waals surface area contributed by atoms with Crippen LogP contribution in [0, 0.1) is 11.3 Å². The molecule has 0 atom stereocenters. The Morgan fingerprint density at radius 1 is 0.903 bits per heavy atom. The van der Waals surface area contributed by atoms with E-state index in [-0.39, 0.29) is 0 Å². The molecule has 162 valence electrons. The van der Waals surface area contributed by atoms with E-state index in [1.807, 2.05) is 36.4 Å². The van der Waals surface area contributed by atoms with Crippen molar-refractivity contribution in [2.24, 2.45) is 0 Å². The highest BCUT2D eigenvalue weighted by molar-refractivity contribution is 5.88. The zero-order valence-electron chi connectivity index (χ0n) is 18.3. The van der Waals surface area contributed by atoms with Crippen molar-refractivity contribution in [1.29, 1.82) is 5.26 Å². The van der Waals surface area contributed by atoms with Crippen molar-refractivity contribution >= 4 is 11.6 Å². The number of hydrogen-bond donors (Lipinski definition) is 0. The lowest BCUT2D eigenvalue weighted by atomic mass is 9.68. The van der Waals surface area contributed by atoms with Gasteiger partial charge in [-0.2, -0.15) is 5.26 Å². The van der Waals surface area contributed by atoms with Crippen LogP contribution in [-0.2, 0) is 10.2 Å². The Hall–Kier alpha value is -3.00. The van der Waals surface area contributed by atoms with Crippen molar-refractivity contribution in [1.82, 2.24) is 4.90 Å². The summed E-state index contributed by atoms with van der Waals surface area (Å²) in [5, 5.41) is 9.04. The second-order valence-corrected chi connectivity index (χ2v) is 8.66. The zero-order valence-corrected chi connectivity index (χ0v) is 18.3. The smallest absolute Gasteiger partial charge is 0.233 e. The number of hydrogen-bond acceptors (Lipinski definition) is 4. The molecule has 1 amide bonds. The molecule has 1 aliphatic carbocycles. The normalized spacial score (nSPS) is 18.7. The van der Waals surface area contributed by atoms with Gasteiger partial charge >= 0.3 is 0 Å². The highest BCUT2D eigenvalue weighted by atomic mass is 16.5. The fourth-order valence-corrected chi connectivity index (χ4v) is 5.12. The standard InChI is InChI=1S/C26H31N3O2/c1-31-24-12-8-22(9-13-24)26(14-3-2-4-15-26)25(30)29-17-5-16-28(18-19-29)23-10-6-21(20-27)7-11-23/h6-13H,2-5,14-19H2,1H3. The monoisotopic (exact) mass is 417 g/mol. The SMILES string of the molecule is COc1ccc(C2(C(=O)N3CCCN(c4ccc(C#N)cc4)CC3)CCCCC2)cc1. The molecule has 2 aromatic carbocycles. The van der Waals surface area contributed by atoms with E-state index in [0.717, 1.165) is 75.3 Å². The lowest BCUT2D eigenvalue weighted by Crippen LogP contribution is -2.49. The van der Waals surface area contributed by atoms with E-state index in [9.17, 15) is 4.79 Å². The predicted octanol–water partition coefficient (Wildman–Crippen LogP) is 4.51. The summed E-state index contributed by atoms with van der Waals surface area (Å²) in [6.07, 6.45) is 6.20. The number of nitriles is 1. The second-order valence-electron chi connectivity index (χ2n) is 8.66. The van der Waals surface area contributed by atoms with Crippen LogP contribution in [0.2, 0.25) is 0 Å². The van der Waals surface area contributed by atoms with Crippen LogP contribution >= 0.6 is 0 Å².